The van der Waals surface area contributed by atoms with E-state index >= 15 is 0 Å². The molecule has 0 aliphatic carbocycles. The third-order valence-electron chi connectivity index (χ3n) is 4.41. The third kappa shape index (κ3) is 3.99. The van der Waals surface area contributed by atoms with Crippen LogP contribution >= 0.6 is 0 Å². The van der Waals surface area contributed by atoms with Crippen molar-refractivity contribution in [3.05, 3.63) is 65.7 Å². The maximum absolute atomic E-state index is 12.6. The lowest BCUT2D eigenvalue weighted by molar-refractivity contribution is -0.119. The first-order valence-electron chi connectivity index (χ1n) is 8.35. The molecular weight excluding hydrogens is 284 g/mol. The van der Waals surface area contributed by atoms with Gasteiger partial charge in [0.25, 0.3) is 0 Å². The molecule has 23 heavy (non-hydrogen) atoms. The van der Waals surface area contributed by atoms with Crippen LogP contribution in [-0.2, 0) is 17.8 Å². The largest absolute Gasteiger partial charge is 0.312 e. The zero-order valence-corrected chi connectivity index (χ0v) is 13.7. The first kappa shape index (κ1) is 15.8. The number of nitrogens with zero attached hydrogens (tertiary/aromatic N) is 2. The summed E-state index contributed by atoms with van der Waals surface area (Å²) in [6.45, 7) is 2.51. The Hall–Kier alpha value is -2.13. The average molecular weight is 308 g/mol. The van der Waals surface area contributed by atoms with Crippen molar-refractivity contribution >= 4 is 11.6 Å². The quantitative estimate of drug-likeness (QED) is 0.844. The molecule has 0 bridgehead atoms. The number of aryl methyl sites for hydroxylation is 1. The summed E-state index contributed by atoms with van der Waals surface area (Å²) in [4.78, 5) is 16.8. The Morgan fingerprint density at radius 2 is 1.83 bits per heavy atom. The number of carbonyl (C=O) groups is 1. The molecule has 120 valence electrons. The van der Waals surface area contributed by atoms with Gasteiger partial charge in [-0.3, -0.25) is 4.79 Å². The number of anilines is 1. The van der Waals surface area contributed by atoms with Crippen molar-refractivity contribution in [2.24, 2.45) is 0 Å². The van der Waals surface area contributed by atoms with Crippen LogP contribution in [-0.4, -0.2) is 30.9 Å². The number of para-hydroxylation sites is 1. The van der Waals surface area contributed by atoms with Crippen LogP contribution < -0.4 is 4.90 Å². The molecule has 3 nitrogen and oxygen atoms in total. The number of hydrogen-bond donors (Lipinski definition) is 0. The van der Waals surface area contributed by atoms with Gasteiger partial charge in [0.1, 0.15) is 0 Å². The van der Waals surface area contributed by atoms with Gasteiger partial charge < -0.3 is 9.80 Å². The third-order valence-corrected chi connectivity index (χ3v) is 4.41. The number of hydrogen-bond acceptors (Lipinski definition) is 2. The molecule has 0 fully saturated rings. The van der Waals surface area contributed by atoms with Crippen LogP contribution in [0.4, 0.5) is 5.69 Å². The maximum Gasteiger partial charge on any atom is 0.228 e. The topological polar surface area (TPSA) is 23.6 Å². The highest BCUT2D eigenvalue weighted by atomic mass is 16.2. The van der Waals surface area contributed by atoms with Gasteiger partial charge in [0.15, 0.2) is 0 Å². The molecule has 3 rings (SSSR count). The summed E-state index contributed by atoms with van der Waals surface area (Å²) >= 11 is 0. The number of amides is 1. The van der Waals surface area contributed by atoms with Crippen LogP contribution in [0, 0.1) is 0 Å². The normalized spacial score (nSPS) is 13.9. The van der Waals surface area contributed by atoms with Crippen molar-refractivity contribution in [2.75, 3.05) is 25.0 Å². The Kier molecular flexibility index (Phi) is 5.09. The molecule has 0 unspecified atom stereocenters. The van der Waals surface area contributed by atoms with Crippen LogP contribution in [0.15, 0.2) is 54.6 Å². The molecule has 0 spiro atoms. The second-order valence-electron chi connectivity index (χ2n) is 6.25. The van der Waals surface area contributed by atoms with Crippen molar-refractivity contribution in [1.82, 2.24) is 4.90 Å². The number of carbonyl (C=O) groups excluding carboxylic acids is 1. The molecular formula is C20H24N2O. The highest BCUT2D eigenvalue weighted by Gasteiger charge is 2.21. The fraction of sp³-hybridized carbons (Fsp3) is 0.350. The second-order valence-corrected chi connectivity index (χ2v) is 6.25. The lowest BCUT2D eigenvalue weighted by Gasteiger charge is -2.30. The number of fused-ring (bicyclic) bond motifs is 1. The van der Waals surface area contributed by atoms with Crippen molar-refractivity contribution < 1.29 is 4.79 Å². The standard InChI is InChI=1S/C20H24N2O/c1-21(16-17-8-3-2-4-9-17)15-13-20(23)22-14-7-11-18-10-5-6-12-19(18)22/h2-6,8-10,12H,7,11,13-16H2,1H3. The van der Waals surface area contributed by atoms with E-state index in [1.54, 1.807) is 0 Å². The van der Waals surface area contributed by atoms with Crippen LogP contribution in [0.25, 0.3) is 0 Å². The predicted molar refractivity (Wildman–Crippen MR) is 94.5 cm³/mol. The van der Waals surface area contributed by atoms with E-state index in [1.165, 1.54) is 11.1 Å². The van der Waals surface area contributed by atoms with E-state index in [4.69, 9.17) is 0 Å². The van der Waals surface area contributed by atoms with E-state index in [0.29, 0.717) is 6.42 Å². The summed E-state index contributed by atoms with van der Waals surface area (Å²) in [5.41, 5.74) is 3.69. The molecule has 0 N–H and O–H groups in total. The minimum atomic E-state index is 0.233. The fourth-order valence-corrected chi connectivity index (χ4v) is 3.19. The van der Waals surface area contributed by atoms with Crippen molar-refractivity contribution in [3.8, 4) is 0 Å². The van der Waals surface area contributed by atoms with Crippen LogP contribution in [0.5, 0.6) is 0 Å². The van der Waals surface area contributed by atoms with Gasteiger partial charge in [0.2, 0.25) is 5.91 Å². The van der Waals surface area contributed by atoms with Gasteiger partial charge in [0.05, 0.1) is 0 Å². The molecule has 0 saturated heterocycles. The molecule has 0 atom stereocenters. The van der Waals surface area contributed by atoms with E-state index in [1.807, 2.05) is 17.0 Å². The molecule has 2 aromatic rings. The summed E-state index contributed by atoms with van der Waals surface area (Å²) < 4.78 is 0. The molecule has 2 aromatic carbocycles. The van der Waals surface area contributed by atoms with Gasteiger partial charge in [-0.1, -0.05) is 48.5 Å². The fourth-order valence-electron chi connectivity index (χ4n) is 3.19. The average Bonchev–Trinajstić information content (AvgIpc) is 2.60. The van der Waals surface area contributed by atoms with Crippen molar-refractivity contribution in [3.63, 3.8) is 0 Å². The zero-order valence-electron chi connectivity index (χ0n) is 13.7. The molecule has 0 saturated carbocycles. The molecule has 1 heterocycles. The minimum Gasteiger partial charge on any atom is -0.312 e. The molecule has 1 aliphatic heterocycles. The number of benzene rings is 2. The molecule has 1 amide bonds. The van der Waals surface area contributed by atoms with Crippen LogP contribution in [0.3, 0.4) is 0 Å². The van der Waals surface area contributed by atoms with Crippen molar-refractivity contribution in [2.45, 2.75) is 25.8 Å². The lowest BCUT2D eigenvalue weighted by Crippen LogP contribution is -2.37. The Labute approximate surface area is 138 Å². The van der Waals surface area contributed by atoms with E-state index < -0.39 is 0 Å². The summed E-state index contributed by atoms with van der Waals surface area (Å²) in [6, 6.07) is 18.7. The molecule has 3 heteroatoms. The maximum atomic E-state index is 12.6. The van der Waals surface area contributed by atoms with Gasteiger partial charge in [-0.15, -0.1) is 0 Å². The van der Waals surface area contributed by atoms with E-state index in [2.05, 4.69) is 54.4 Å². The summed E-state index contributed by atoms with van der Waals surface area (Å²) in [5.74, 6) is 0.233. The SMILES string of the molecule is CN(CCC(=O)N1CCCc2ccccc21)Cc1ccccc1. The molecule has 0 radical (unpaired) electrons. The molecule has 0 aromatic heterocycles. The zero-order chi connectivity index (χ0) is 16.1. The Morgan fingerprint density at radius 1 is 1.09 bits per heavy atom. The minimum absolute atomic E-state index is 0.233. The summed E-state index contributed by atoms with van der Waals surface area (Å²) in [7, 11) is 2.07. The Bertz CT molecular complexity index is 654. The predicted octanol–water partition coefficient (Wildman–Crippen LogP) is 3.49. The number of rotatable bonds is 5. The van der Waals surface area contributed by atoms with Gasteiger partial charge in [-0.05, 0) is 37.1 Å². The monoisotopic (exact) mass is 308 g/mol. The van der Waals surface area contributed by atoms with Crippen LogP contribution in [0.2, 0.25) is 0 Å². The van der Waals surface area contributed by atoms with Gasteiger partial charge in [-0.25, -0.2) is 0 Å². The van der Waals surface area contributed by atoms with Gasteiger partial charge in [0, 0.05) is 31.7 Å². The lowest BCUT2D eigenvalue weighted by atomic mass is 10.0. The van der Waals surface area contributed by atoms with E-state index in [0.717, 1.165) is 38.2 Å². The second kappa shape index (κ2) is 7.42. The summed E-state index contributed by atoms with van der Waals surface area (Å²) in [5, 5.41) is 0. The van der Waals surface area contributed by atoms with E-state index in [9.17, 15) is 4.79 Å². The van der Waals surface area contributed by atoms with Gasteiger partial charge >= 0.3 is 0 Å². The molecule has 1 aliphatic rings. The van der Waals surface area contributed by atoms with Gasteiger partial charge in [-0.2, -0.15) is 0 Å². The first-order valence-corrected chi connectivity index (χ1v) is 8.35. The van der Waals surface area contributed by atoms with E-state index in [-0.39, 0.29) is 5.91 Å². The Balaban J connectivity index is 1.56. The highest BCUT2D eigenvalue weighted by Crippen LogP contribution is 2.27. The Morgan fingerprint density at radius 3 is 2.65 bits per heavy atom. The van der Waals surface area contributed by atoms with Crippen molar-refractivity contribution in [1.29, 1.82) is 0 Å². The van der Waals surface area contributed by atoms with Crippen LogP contribution in [0.1, 0.15) is 24.0 Å². The highest BCUT2D eigenvalue weighted by molar-refractivity contribution is 5.94. The smallest absolute Gasteiger partial charge is 0.228 e. The summed E-state index contributed by atoms with van der Waals surface area (Å²) in [6.07, 6.45) is 2.70. The first-order chi connectivity index (χ1) is 11.2.